The van der Waals surface area contributed by atoms with Crippen LogP contribution >= 0.6 is 0 Å². The summed E-state index contributed by atoms with van der Waals surface area (Å²) in [6.07, 6.45) is 8.25. The minimum Gasteiger partial charge on any atom is -0.381 e. The smallest absolute Gasteiger partial charge is 0.0586 e. The van der Waals surface area contributed by atoms with Gasteiger partial charge in [0.25, 0.3) is 0 Å². The number of likely N-dealkylation sites (tertiary alicyclic amines) is 1. The zero-order valence-corrected chi connectivity index (χ0v) is 11.4. The van der Waals surface area contributed by atoms with Crippen LogP contribution in [0.4, 0.5) is 0 Å². The molecule has 0 amide bonds. The third-order valence-electron chi connectivity index (χ3n) is 4.77. The Morgan fingerprint density at radius 1 is 1.18 bits per heavy atom. The molecule has 0 bridgehead atoms. The molecule has 2 aliphatic rings. The van der Waals surface area contributed by atoms with Crippen molar-refractivity contribution < 1.29 is 4.74 Å². The van der Waals surface area contributed by atoms with Crippen LogP contribution in [0, 0.1) is 5.92 Å². The Hall–Kier alpha value is -0.120. The maximum Gasteiger partial charge on any atom is 0.0586 e. The molecule has 0 radical (unpaired) electrons. The maximum atomic E-state index is 6.00. The number of nitrogens with two attached hydrogens (primary N) is 1. The molecule has 3 nitrogen and oxygen atoms in total. The van der Waals surface area contributed by atoms with Crippen molar-refractivity contribution in [1.29, 1.82) is 0 Å². The summed E-state index contributed by atoms with van der Waals surface area (Å²) in [4.78, 5) is 2.68. The minimum absolute atomic E-state index is 0.371. The van der Waals surface area contributed by atoms with Gasteiger partial charge in [-0.2, -0.15) is 0 Å². The Bertz CT molecular complexity index is 224. The lowest BCUT2D eigenvalue weighted by Gasteiger charge is -2.41. The average Bonchev–Trinajstić information content (AvgIpc) is 2.39. The van der Waals surface area contributed by atoms with Crippen molar-refractivity contribution >= 4 is 0 Å². The highest BCUT2D eigenvalue weighted by molar-refractivity contribution is 4.85. The fourth-order valence-corrected chi connectivity index (χ4v) is 3.48. The Morgan fingerprint density at radius 3 is 2.47 bits per heavy atom. The molecular formula is C14H28N2O. The second kappa shape index (κ2) is 6.17. The normalized spacial score (nSPS) is 34.8. The van der Waals surface area contributed by atoms with Crippen molar-refractivity contribution in [2.75, 3.05) is 20.2 Å². The van der Waals surface area contributed by atoms with Gasteiger partial charge in [-0.05, 0) is 64.5 Å². The number of hydrogen-bond acceptors (Lipinski definition) is 3. The SMILES string of the molecule is COC1CCCC(N2CCC(C(C)N)CC2)C1. The lowest BCUT2D eigenvalue weighted by atomic mass is 9.86. The number of rotatable bonds is 3. The monoisotopic (exact) mass is 240 g/mol. The molecular weight excluding hydrogens is 212 g/mol. The van der Waals surface area contributed by atoms with Crippen molar-refractivity contribution in [3.63, 3.8) is 0 Å². The Morgan fingerprint density at radius 2 is 1.88 bits per heavy atom. The van der Waals surface area contributed by atoms with Gasteiger partial charge in [0.15, 0.2) is 0 Å². The largest absolute Gasteiger partial charge is 0.381 e. The van der Waals surface area contributed by atoms with Gasteiger partial charge in [0, 0.05) is 19.2 Å². The standard InChI is InChI=1S/C14H28N2O/c1-11(15)12-6-8-16(9-7-12)13-4-3-5-14(10-13)17-2/h11-14H,3-10,15H2,1-2H3. The van der Waals surface area contributed by atoms with E-state index in [0.29, 0.717) is 12.1 Å². The van der Waals surface area contributed by atoms with Crippen LogP contribution in [0.2, 0.25) is 0 Å². The van der Waals surface area contributed by atoms with E-state index in [2.05, 4.69) is 11.8 Å². The highest BCUT2D eigenvalue weighted by Gasteiger charge is 2.30. The summed E-state index contributed by atoms with van der Waals surface area (Å²) in [5.74, 6) is 0.744. The summed E-state index contributed by atoms with van der Waals surface area (Å²) in [5.41, 5.74) is 6.00. The van der Waals surface area contributed by atoms with Gasteiger partial charge in [0.05, 0.1) is 6.10 Å². The van der Waals surface area contributed by atoms with Crippen LogP contribution in [0.3, 0.4) is 0 Å². The molecule has 0 aromatic heterocycles. The predicted molar refractivity (Wildman–Crippen MR) is 71.0 cm³/mol. The second-order valence-corrected chi connectivity index (χ2v) is 5.91. The van der Waals surface area contributed by atoms with Crippen LogP contribution in [-0.4, -0.2) is 43.3 Å². The van der Waals surface area contributed by atoms with Gasteiger partial charge in [0.1, 0.15) is 0 Å². The summed E-state index contributed by atoms with van der Waals surface area (Å²) < 4.78 is 5.52. The first kappa shape index (κ1) is 13.3. The molecule has 0 aromatic carbocycles. The van der Waals surface area contributed by atoms with E-state index >= 15 is 0 Å². The molecule has 3 heteroatoms. The fourth-order valence-electron chi connectivity index (χ4n) is 3.48. The molecule has 1 aliphatic carbocycles. The van der Waals surface area contributed by atoms with E-state index in [1.165, 1.54) is 51.6 Å². The lowest BCUT2D eigenvalue weighted by Crippen LogP contribution is -2.47. The molecule has 2 N–H and O–H groups in total. The first-order chi connectivity index (χ1) is 8.20. The number of nitrogens with zero attached hydrogens (tertiary/aromatic N) is 1. The third-order valence-corrected chi connectivity index (χ3v) is 4.77. The van der Waals surface area contributed by atoms with E-state index in [4.69, 9.17) is 10.5 Å². The van der Waals surface area contributed by atoms with E-state index in [1.54, 1.807) is 0 Å². The van der Waals surface area contributed by atoms with Gasteiger partial charge >= 0.3 is 0 Å². The maximum absolute atomic E-state index is 6.00. The molecule has 17 heavy (non-hydrogen) atoms. The molecule has 1 aliphatic heterocycles. The molecule has 3 unspecified atom stereocenters. The summed E-state index contributed by atoms with van der Waals surface area (Å²) in [5, 5.41) is 0. The molecule has 100 valence electrons. The van der Waals surface area contributed by atoms with Crippen LogP contribution in [-0.2, 0) is 4.74 Å². The number of methoxy groups -OCH3 is 1. The van der Waals surface area contributed by atoms with Crippen molar-refractivity contribution in [2.45, 2.75) is 63.6 Å². The minimum atomic E-state index is 0.371. The van der Waals surface area contributed by atoms with Gasteiger partial charge in [-0.25, -0.2) is 0 Å². The first-order valence-electron chi connectivity index (χ1n) is 7.23. The quantitative estimate of drug-likeness (QED) is 0.820. The van der Waals surface area contributed by atoms with Gasteiger partial charge in [-0.1, -0.05) is 0 Å². The summed E-state index contributed by atoms with van der Waals surface area (Å²) in [7, 11) is 1.86. The summed E-state index contributed by atoms with van der Waals surface area (Å²) >= 11 is 0. The lowest BCUT2D eigenvalue weighted by molar-refractivity contribution is 0.0166. The molecule has 1 heterocycles. The molecule has 1 saturated carbocycles. The molecule has 0 aromatic rings. The van der Waals surface area contributed by atoms with Crippen molar-refractivity contribution in [3.8, 4) is 0 Å². The number of ether oxygens (including phenoxy) is 1. The second-order valence-electron chi connectivity index (χ2n) is 5.91. The van der Waals surface area contributed by atoms with E-state index in [0.717, 1.165) is 12.0 Å². The molecule has 3 atom stereocenters. The highest BCUT2D eigenvalue weighted by atomic mass is 16.5. The fraction of sp³-hybridized carbons (Fsp3) is 1.00. The van der Waals surface area contributed by atoms with Gasteiger partial charge in [0.2, 0.25) is 0 Å². The van der Waals surface area contributed by atoms with Crippen molar-refractivity contribution in [1.82, 2.24) is 4.90 Å². The predicted octanol–water partition coefficient (Wildman–Crippen LogP) is 2.00. The van der Waals surface area contributed by atoms with E-state index in [-0.39, 0.29) is 0 Å². The summed E-state index contributed by atoms with van der Waals surface area (Å²) in [6, 6.07) is 1.14. The van der Waals surface area contributed by atoms with Crippen LogP contribution in [0.5, 0.6) is 0 Å². The molecule has 2 fully saturated rings. The number of piperidine rings is 1. The first-order valence-corrected chi connectivity index (χ1v) is 7.23. The van der Waals surface area contributed by atoms with Gasteiger partial charge in [-0.3, -0.25) is 0 Å². The molecule has 0 spiro atoms. The molecule has 1 saturated heterocycles. The van der Waals surface area contributed by atoms with Gasteiger partial charge in [-0.15, -0.1) is 0 Å². The van der Waals surface area contributed by atoms with Crippen LogP contribution < -0.4 is 5.73 Å². The van der Waals surface area contributed by atoms with E-state index in [9.17, 15) is 0 Å². The topological polar surface area (TPSA) is 38.5 Å². The van der Waals surface area contributed by atoms with Crippen LogP contribution in [0.1, 0.15) is 45.4 Å². The third kappa shape index (κ3) is 3.43. The zero-order chi connectivity index (χ0) is 12.3. The van der Waals surface area contributed by atoms with Crippen molar-refractivity contribution in [3.05, 3.63) is 0 Å². The highest BCUT2D eigenvalue weighted by Crippen LogP contribution is 2.29. The Kier molecular flexibility index (Phi) is 4.83. The Labute approximate surface area is 106 Å². The zero-order valence-electron chi connectivity index (χ0n) is 11.4. The van der Waals surface area contributed by atoms with E-state index < -0.39 is 0 Å². The number of hydrogen-bond donors (Lipinski definition) is 1. The Balaban J connectivity index is 1.80. The van der Waals surface area contributed by atoms with Gasteiger partial charge < -0.3 is 15.4 Å². The van der Waals surface area contributed by atoms with Crippen LogP contribution in [0.25, 0.3) is 0 Å². The summed E-state index contributed by atoms with van der Waals surface area (Å²) in [6.45, 7) is 4.64. The van der Waals surface area contributed by atoms with E-state index in [1.807, 2.05) is 7.11 Å². The van der Waals surface area contributed by atoms with Crippen molar-refractivity contribution in [2.24, 2.45) is 11.7 Å². The average molecular weight is 240 g/mol. The molecule has 2 rings (SSSR count). The van der Waals surface area contributed by atoms with Crippen LogP contribution in [0.15, 0.2) is 0 Å².